The summed E-state index contributed by atoms with van der Waals surface area (Å²) in [7, 11) is 0. The van der Waals surface area contributed by atoms with Crippen LogP contribution in [0, 0.1) is 0 Å². The van der Waals surface area contributed by atoms with Crippen LogP contribution in [-0.2, 0) is 9.59 Å². The van der Waals surface area contributed by atoms with Crippen LogP contribution in [0.1, 0.15) is 0 Å². The lowest BCUT2D eigenvalue weighted by Gasteiger charge is -2.25. The van der Waals surface area contributed by atoms with Crippen LogP contribution in [0.3, 0.4) is 0 Å². The zero-order valence-corrected chi connectivity index (χ0v) is 7.80. The van der Waals surface area contributed by atoms with Gasteiger partial charge in [-0.2, -0.15) is 0 Å². The minimum Gasteiger partial charge on any atom is -0.382 e. The van der Waals surface area contributed by atoms with Crippen LogP contribution in [0.5, 0.6) is 0 Å². The predicted molar refractivity (Wildman–Crippen MR) is 51.8 cm³/mol. The Bertz CT molecular complexity index is 403. The predicted octanol–water partition coefficient (Wildman–Crippen LogP) is -1.48. The third kappa shape index (κ3) is 2.01. The van der Waals surface area contributed by atoms with E-state index >= 15 is 0 Å². The van der Waals surface area contributed by atoms with Crippen molar-refractivity contribution in [1.82, 2.24) is 15.3 Å². The largest absolute Gasteiger partial charge is 0.382 e. The van der Waals surface area contributed by atoms with E-state index in [-0.39, 0.29) is 30.7 Å². The summed E-state index contributed by atoms with van der Waals surface area (Å²) in [6.45, 7) is 0.174. The Labute approximate surface area is 85.3 Å². The molecule has 2 rings (SSSR count). The number of amides is 2. The van der Waals surface area contributed by atoms with Crippen LogP contribution in [0.4, 0.5) is 11.6 Å². The van der Waals surface area contributed by atoms with Gasteiger partial charge in [-0.1, -0.05) is 0 Å². The van der Waals surface area contributed by atoms with Gasteiger partial charge in [-0.25, -0.2) is 4.98 Å². The third-order valence-electron chi connectivity index (χ3n) is 1.91. The molecule has 7 heteroatoms. The van der Waals surface area contributed by atoms with Gasteiger partial charge in [0, 0.05) is 0 Å². The Balaban J connectivity index is 2.23. The monoisotopic (exact) mass is 207 g/mol. The van der Waals surface area contributed by atoms with E-state index < -0.39 is 0 Å². The summed E-state index contributed by atoms with van der Waals surface area (Å²) < 4.78 is 0. The maximum atomic E-state index is 11.1. The van der Waals surface area contributed by atoms with E-state index in [1.165, 1.54) is 17.3 Å². The average molecular weight is 207 g/mol. The molecule has 1 fully saturated rings. The summed E-state index contributed by atoms with van der Waals surface area (Å²) in [5.41, 5.74) is 5.45. The Morgan fingerprint density at radius 2 is 1.93 bits per heavy atom. The Morgan fingerprint density at radius 1 is 1.27 bits per heavy atom. The Hall–Kier alpha value is -2.18. The van der Waals surface area contributed by atoms with Crippen molar-refractivity contribution in [3.8, 4) is 0 Å². The number of nitrogens with two attached hydrogens (primary N) is 1. The number of aromatic nitrogens is 2. The van der Waals surface area contributed by atoms with Crippen LogP contribution in [-0.4, -0.2) is 34.9 Å². The number of nitrogen functional groups attached to an aromatic ring is 1. The topological polar surface area (TPSA) is 101 Å². The second kappa shape index (κ2) is 3.52. The van der Waals surface area contributed by atoms with E-state index in [0.29, 0.717) is 5.82 Å². The van der Waals surface area contributed by atoms with E-state index in [0.717, 1.165) is 0 Å². The summed E-state index contributed by atoms with van der Waals surface area (Å²) in [6.07, 6.45) is 2.86. The highest BCUT2D eigenvalue weighted by Crippen LogP contribution is 2.11. The van der Waals surface area contributed by atoms with Crippen LogP contribution < -0.4 is 16.0 Å². The van der Waals surface area contributed by atoms with Gasteiger partial charge in [-0.15, -0.1) is 0 Å². The SMILES string of the molecule is Nc1cncc(N2CC(=O)NC(=O)C2)n1. The minimum atomic E-state index is -0.351. The van der Waals surface area contributed by atoms with Gasteiger partial charge in [-0.05, 0) is 0 Å². The number of carbonyl (C=O) groups is 2. The fraction of sp³-hybridized carbons (Fsp3) is 0.250. The van der Waals surface area contributed by atoms with Gasteiger partial charge in [0.15, 0.2) is 0 Å². The van der Waals surface area contributed by atoms with Gasteiger partial charge >= 0.3 is 0 Å². The van der Waals surface area contributed by atoms with Crippen molar-refractivity contribution in [3.05, 3.63) is 12.4 Å². The second-order valence-corrected chi connectivity index (χ2v) is 3.13. The molecule has 0 unspecified atom stereocenters. The molecule has 1 aromatic heterocycles. The van der Waals surface area contributed by atoms with Crippen LogP contribution >= 0.6 is 0 Å². The van der Waals surface area contributed by atoms with Crippen molar-refractivity contribution in [2.24, 2.45) is 0 Å². The molecule has 1 aliphatic rings. The van der Waals surface area contributed by atoms with Crippen molar-refractivity contribution in [2.45, 2.75) is 0 Å². The lowest BCUT2D eigenvalue weighted by Crippen LogP contribution is -2.51. The first-order valence-corrected chi connectivity index (χ1v) is 4.30. The van der Waals surface area contributed by atoms with Crippen molar-refractivity contribution in [1.29, 1.82) is 0 Å². The number of imide groups is 1. The number of anilines is 2. The standard InChI is InChI=1S/C8H9N5O2/c9-5-1-10-2-6(11-5)13-3-7(14)12-8(15)4-13/h1-2H,3-4H2,(H2,9,11)(H,12,14,15). The zero-order valence-electron chi connectivity index (χ0n) is 7.80. The fourth-order valence-electron chi connectivity index (χ4n) is 1.32. The van der Waals surface area contributed by atoms with Gasteiger partial charge in [0.05, 0.1) is 25.5 Å². The first kappa shape index (κ1) is 9.38. The summed E-state index contributed by atoms with van der Waals surface area (Å²) >= 11 is 0. The molecule has 15 heavy (non-hydrogen) atoms. The molecule has 0 radical (unpaired) electrons. The molecule has 0 aliphatic carbocycles. The van der Waals surface area contributed by atoms with Crippen molar-refractivity contribution in [2.75, 3.05) is 23.7 Å². The molecule has 0 saturated carbocycles. The number of nitrogens with zero attached hydrogens (tertiary/aromatic N) is 3. The van der Waals surface area contributed by atoms with E-state index in [1.807, 2.05) is 0 Å². The highest BCUT2D eigenvalue weighted by atomic mass is 16.2. The first-order valence-electron chi connectivity index (χ1n) is 4.30. The first-order chi connectivity index (χ1) is 7.15. The Morgan fingerprint density at radius 3 is 2.53 bits per heavy atom. The third-order valence-corrected chi connectivity index (χ3v) is 1.91. The zero-order chi connectivity index (χ0) is 10.8. The van der Waals surface area contributed by atoms with Gasteiger partial charge in [0.25, 0.3) is 0 Å². The number of rotatable bonds is 1. The quantitative estimate of drug-likeness (QED) is 0.545. The van der Waals surface area contributed by atoms with Crippen LogP contribution in [0.2, 0.25) is 0 Å². The van der Waals surface area contributed by atoms with Crippen LogP contribution in [0.15, 0.2) is 12.4 Å². The summed E-state index contributed by atoms with van der Waals surface area (Å²) in [5.74, 6) is -0.0184. The molecule has 78 valence electrons. The molecular weight excluding hydrogens is 198 g/mol. The normalized spacial score (nSPS) is 16.4. The van der Waals surface area contributed by atoms with Gasteiger partial charge in [0.2, 0.25) is 11.8 Å². The number of hydrogen-bond donors (Lipinski definition) is 2. The number of hydrogen-bond acceptors (Lipinski definition) is 6. The highest BCUT2D eigenvalue weighted by molar-refractivity contribution is 6.02. The van der Waals surface area contributed by atoms with E-state index in [2.05, 4.69) is 15.3 Å². The summed E-state index contributed by atoms with van der Waals surface area (Å²) in [6, 6.07) is 0. The molecule has 2 amide bonds. The smallest absolute Gasteiger partial charge is 0.246 e. The molecular formula is C8H9N5O2. The maximum Gasteiger partial charge on any atom is 0.246 e. The van der Waals surface area contributed by atoms with E-state index in [1.54, 1.807) is 0 Å². The lowest BCUT2D eigenvalue weighted by molar-refractivity contribution is -0.130. The average Bonchev–Trinajstić information content (AvgIpc) is 2.16. The minimum absolute atomic E-state index is 0.0872. The maximum absolute atomic E-state index is 11.1. The van der Waals surface area contributed by atoms with Gasteiger partial charge < -0.3 is 10.6 Å². The molecule has 3 N–H and O–H groups in total. The van der Waals surface area contributed by atoms with E-state index in [4.69, 9.17) is 5.73 Å². The second-order valence-electron chi connectivity index (χ2n) is 3.13. The van der Waals surface area contributed by atoms with Crippen LogP contribution in [0.25, 0.3) is 0 Å². The number of carbonyl (C=O) groups excluding carboxylic acids is 2. The fourth-order valence-corrected chi connectivity index (χ4v) is 1.32. The summed E-state index contributed by atoms with van der Waals surface area (Å²) in [4.78, 5) is 31.5. The molecule has 0 atom stereocenters. The number of nitrogens with one attached hydrogen (secondary N) is 1. The molecule has 0 aromatic carbocycles. The molecule has 1 aliphatic heterocycles. The van der Waals surface area contributed by atoms with Crippen molar-refractivity contribution >= 4 is 23.5 Å². The molecule has 7 nitrogen and oxygen atoms in total. The Kier molecular flexibility index (Phi) is 2.20. The lowest BCUT2D eigenvalue weighted by atomic mass is 10.3. The molecule has 2 heterocycles. The molecule has 0 bridgehead atoms. The van der Waals surface area contributed by atoms with Crippen molar-refractivity contribution < 1.29 is 9.59 Å². The molecule has 1 saturated heterocycles. The van der Waals surface area contributed by atoms with Gasteiger partial charge in [-0.3, -0.25) is 19.9 Å². The highest BCUT2D eigenvalue weighted by Gasteiger charge is 2.23. The molecule has 1 aromatic rings. The van der Waals surface area contributed by atoms with E-state index in [9.17, 15) is 9.59 Å². The number of piperazine rings is 1. The summed E-state index contributed by atoms with van der Waals surface area (Å²) in [5, 5.41) is 2.19. The van der Waals surface area contributed by atoms with Gasteiger partial charge in [0.1, 0.15) is 11.6 Å². The molecule has 0 spiro atoms. The van der Waals surface area contributed by atoms with Crippen molar-refractivity contribution in [3.63, 3.8) is 0 Å².